The van der Waals surface area contributed by atoms with E-state index in [1.165, 1.54) is 11.3 Å². The first-order valence-corrected chi connectivity index (χ1v) is 15.7. The molecule has 0 unspecified atom stereocenters. The Bertz CT molecular complexity index is 1540. The Morgan fingerprint density at radius 1 is 1.33 bits per heavy atom. The molecule has 3 aliphatic rings. The van der Waals surface area contributed by atoms with E-state index in [1.54, 1.807) is 24.0 Å². The van der Waals surface area contributed by atoms with E-state index in [-0.39, 0.29) is 41.1 Å². The van der Waals surface area contributed by atoms with Crippen molar-refractivity contribution in [3.8, 4) is 12.1 Å². The molecular formula is C28H33F2N9OS2. The summed E-state index contributed by atoms with van der Waals surface area (Å²) in [4.78, 5) is 20.0. The molecule has 3 aliphatic heterocycles. The predicted octanol–water partition coefficient (Wildman–Crippen LogP) is 4.08. The number of alkyl halides is 1. The van der Waals surface area contributed by atoms with Crippen molar-refractivity contribution in [3.05, 3.63) is 45.7 Å². The van der Waals surface area contributed by atoms with E-state index in [1.807, 2.05) is 41.7 Å². The third-order valence-electron chi connectivity index (χ3n) is 8.49. The molecule has 3 aromatic rings. The predicted molar refractivity (Wildman–Crippen MR) is 162 cm³/mol. The number of likely N-dealkylation sites (tertiary alicyclic amines) is 1. The highest BCUT2D eigenvalue weighted by atomic mass is 32.2. The maximum absolute atomic E-state index is 16.5. The fraction of sp³-hybridized carbons (Fsp3) is 0.500. The maximum Gasteiger partial charge on any atom is 0.320 e. The first-order chi connectivity index (χ1) is 20.2. The Morgan fingerprint density at radius 3 is 2.79 bits per heavy atom. The van der Waals surface area contributed by atoms with Gasteiger partial charge in [-0.15, -0.1) is 23.1 Å². The molecule has 222 valence electrons. The van der Waals surface area contributed by atoms with E-state index in [0.29, 0.717) is 49.0 Å². The Morgan fingerprint density at radius 2 is 2.12 bits per heavy atom. The van der Waals surface area contributed by atoms with E-state index < -0.39 is 12.0 Å². The molecule has 0 aromatic carbocycles. The smallest absolute Gasteiger partial charge is 0.320 e. The van der Waals surface area contributed by atoms with Crippen molar-refractivity contribution in [3.63, 3.8) is 0 Å². The Hall–Kier alpha value is -3.41. The molecule has 0 aliphatic carbocycles. The summed E-state index contributed by atoms with van der Waals surface area (Å²) in [5, 5.41) is 10.3. The number of pyridine rings is 1. The fourth-order valence-electron chi connectivity index (χ4n) is 6.24. The number of hydrogen-bond donors (Lipinski definition) is 2. The highest BCUT2D eigenvalue weighted by molar-refractivity contribution is 8.00. The molecule has 6 rings (SSSR count). The number of ether oxygens (including phenoxy) is 1. The Balaban J connectivity index is 1.34. The zero-order valence-electron chi connectivity index (χ0n) is 23.7. The van der Waals surface area contributed by atoms with Crippen LogP contribution in [0.1, 0.15) is 47.9 Å². The van der Waals surface area contributed by atoms with E-state index >= 15 is 4.39 Å². The van der Waals surface area contributed by atoms with Crippen LogP contribution >= 0.6 is 23.1 Å². The number of nitrogen functional groups attached to an aromatic ring is 2. The number of rotatable bonds is 8. The number of thioether (sulfide) groups is 1. The van der Waals surface area contributed by atoms with Gasteiger partial charge < -0.3 is 26.0 Å². The van der Waals surface area contributed by atoms with Crippen LogP contribution in [0.25, 0.3) is 0 Å². The molecule has 4 N–H and O–H groups in total. The van der Waals surface area contributed by atoms with E-state index in [2.05, 4.69) is 21.0 Å². The second-order valence-corrected chi connectivity index (χ2v) is 13.5. The van der Waals surface area contributed by atoms with Crippen LogP contribution in [0.3, 0.4) is 0 Å². The van der Waals surface area contributed by atoms with Crippen LogP contribution in [0, 0.1) is 17.1 Å². The first kappa shape index (κ1) is 28.7. The summed E-state index contributed by atoms with van der Waals surface area (Å²) < 4.78 is 36.1. The number of aromatic nitrogens is 3. The van der Waals surface area contributed by atoms with Crippen LogP contribution < -0.4 is 26.0 Å². The van der Waals surface area contributed by atoms with Crippen LogP contribution in [-0.4, -0.2) is 71.9 Å². The van der Waals surface area contributed by atoms with Gasteiger partial charge in [-0.1, -0.05) is 6.07 Å². The molecule has 2 fully saturated rings. The highest BCUT2D eigenvalue weighted by Gasteiger charge is 2.53. The SMILES string of the molecule is CCN(c1nc(OC[C@@H]2C[C@@H](F)CN2C)nc(N2CC3(C2)SCc2sc(N)c(C#N)c23)c1F)[C@H](C)c1cccnc1N. The second-order valence-electron chi connectivity index (χ2n) is 11.0. The minimum absolute atomic E-state index is 0.0279. The van der Waals surface area contributed by atoms with Gasteiger partial charge in [-0.05, 0) is 33.4 Å². The van der Waals surface area contributed by atoms with Crippen LogP contribution in [0.2, 0.25) is 0 Å². The van der Waals surface area contributed by atoms with Crippen LogP contribution in [0.15, 0.2) is 18.3 Å². The summed E-state index contributed by atoms with van der Waals surface area (Å²) >= 11 is 3.21. The number of fused-ring (bicyclic) bond motifs is 2. The Labute approximate surface area is 251 Å². The Kier molecular flexibility index (Phi) is 7.53. The highest BCUT2D eigenvalue weighted by Crippen LogP contribution is 2.58. The topological polar surface area (TPSA) is 133 Å². The van der Waals surface area contributed by atoms with Crippen molar-refractivity contribution in [1.29, 1.82) is 5.26 Å². The number of nitriles is 1. The van der Waals surface area contributed by atoms with Gasteiger partial charge >= 0.3 is 6.01 Å². The van der Waals surface area contributed by atoms with Crippen molar-refractivity contribution in [2.45, 2.75) is 49.0 Å². The lowest BCUT2D eigenvalue weighted by atomic mass is 9.88. The summed E-state index contributed by atoms with van der Waals surface area (Å²) in [6, 6.07) is 5.48. The van der Waals surface area contributed by atoms with Crippen molar-refractivity contribution in [2.24, 2.45) is 0 Å². The summed E-state index contributed by atoms with van der Waals surface area (Å²) in [5.74, 6) is 0.786. The quantitative estimate of drug-likeness (QED) is 0.381. The molecule has 2 saturated heterocycles. The fourth-order valence-corrected chi connectivity index (χ4v) is 9.05. The molecule has 0 amide bonds. The molecule has 3 aromatic heterocycles. The normalized spacial score (nSPS) is 21.7. The number of thiophene rings is 1. The van der Waals surface area contributed by atoms with Crippen molar-refractivity contribution in [2.75, 3.05) is 61.1 Å². The molecular weight excluding hydrogens is 580 g/mol. The van der Waals surface area contributed by atoms with Crippen molar-refractivity contribution in [1.82, 2.24) is 19.9 Å². The average molecular weight is 614 g/mol. The van der Waals surface area contributed by atoms with Gasteiger partial charge in [0.15, 0.2) is 11.6 Å². The number of likely N-dealkylation sites (N-methyl/N-ethyl adjacent to an activating group) is 1. The number of nitrogens with zero attached hydrogens (tertiary/aromatic N) is 7. The van der Waals surface area contributed by atoms with Crippen LogP contribution in [0.5, 0.6) is 6.01 Å². The average Bonchev–Trinajstić information content (AvgIpc) is 3.58. The van der Waals surface area contributed by atoms with Gasteiger partial charge in [0.05, 0.1) is 16.4 Å². The summed E-state index contributed by atoms with van der Waals surface area (Å²) in [7, 11) is 1.86. The largest absolute Gasteiger partial charge is 0.462 e. The molecule has 14 heteroatoms. The van der Waals surface area contributed by atoms with Crippen molar-refractivity contribution >= 4 is 45.6 Å². The lowest BCUT2D eigenvalue weighted by Crippen LogP contribution is -2.57. The molecule has 6 heterocycles. The molecule has 0 bridgehead atoms. The third-order valence-corrected chi connectivity index (χ3v) is 11.1. The van der Waals surface area contributed by atoms with Gasteiger partial charge in [0.25, 0.3) is 0 Å². The molecule has 42 heavy (non-hydrogen) atoms. The minimum atomic E-state index is -0.916. The zero-order valence-corrected chi connectivity index (χ0v) is 25.3. The van der Waals surface area contributed by atoms with Gasteiger partial charge in [0.2, 0.25) is 5.82 Å². The molecule has 10 nitrogen and oxygen atoms in total. The molecule has 0 radical (unpaired) electrons. The van der Waals surface area contributed by atoms with Gasteiger partial charge in [0, 0.05) is 60.2 Å². The number of anilines is 4. The summed E-state index contributed by atoms with van der Waals surface area (Å²) in [5.41, 5.74) is 14.6. The summed E-state index contributed by atoms with van der Waals surface area (Å²) in [6.45, 7) is 5.73. The zero-order chi connectivity index (χ0) is 29.8. The van der Waals surface area contributed by atoms with E-state index in [9.17, 15) is 9.65 Å². The van der Waals surface area contributed by atoms with E-state index in [0.717, 1.165) is 21.8 Å². The lowest BCUT2D eigenvalue weighted by molar-refractivity contribution is 0.187. The second kappa shape index (κ2) is 11.0. The maximum atomic E-state index is 16.5. The van der Waals surface area contributed by atoms with Gasteiger partial charge in [-0.25, -0.2) is 9.37 Å². The number of hydrogen-bond acceptors (Lipinski definition) is 12. The number of halogens is 2. The lowest BCUT2D eigenvalue weighted by Gasteiger charge is -2.48. The standard InChI is InChI=1S/C28H33F2N9OS2/c1-4-39(15(2)18-6-5-7-34-23(18)32)26-22(30)25(35-27(36-26)40-11-17-8-16(29)10-37(17)3)38-13-28(14-38)21-19(9-31)24(33)42-20(21)12-41-28/h5-7,15-17H,4,8,10-14,33H2,1-3H3,(H2,32,34)/t15-,16-,17+/m1/s1. The van der Waals surface area contributed by atoms with Gasteiger partial charge in [0.1, 0.15) is 29.7 Å². The monoisotopic (exact) mass is 613 g/mol. The van der Waals surface area contributed by atoms with E-state index in [4.69, 9.17) is 16.2 Å². The third kappa shape index (κ3) is 4.77. The van der Waals surface area contributed by atoms with Crippen LogP contribution in [-0.2, 0) is 10.5 Å². The molecule has 1 spiro atoms. The van der Waals surface area contributed by atoms with Crippen molar-refractivity contribution < 1.29 is 13.5 Å². The van der Waals surface area contributed by atoms with Crippen LogP contribution in [0.4, 0.5) is 31.2 Å². The minimum Gasteiger partial charge on any atom is -0.462 e. The van der Waals surface area contributed by atoms with Gasteiger partial charge in [-0.3, -0.25) is 4.90 Å². The number of nitrogens with two attached hydrogens (primary N) is 2. The first-order valence-electron chi connectivity index (χ1n) is 13.9. The molecule has 0 saturated carbocycles. The summed E-state index contributed by atoms with van der Waals surface area (Å²) in [6.07, 6.45) is 1.06. The molecule has 3 atom stereocenters. The van der Waals surface area contributed by atoms with Gasteiger partial charge in [-0.2, -0.15) is 19.6 Å².